The van der Waals surface area contributed by atoms with Crippen LogP contribution < -0.4 is 0 Å². The summed E-state index contributed by atoms with van der Waals surface area (Å²) in [6, 6.07) is 7.32. The van der Waals surface area contributed by atoms with Crippen molar-refractivity contribution in [3.63, 3.8) is 0 Å². The Morgan fingerprint density at radius 3 is 2.54 bits per heavy atom. The van der Waals surface area contributed by atoms with Gasteiger partial charge in [0.15, 0.2) is 0 Å². The van der Waals surface area contributed by atoms with E-state index in [0.29, 0.717) is 11.4 Å². The molecule has 2 aromatic rings. The van der Waals surface area contributed by atoms with Gasteiger partial charge in [-0.25, -0.2) is 0 Å². The normalized spacial score (nSPS) is 14.4. The van der Waals surface area contributed by atoms with Crippen LogP contribution in [0.15, 0.2) is 35.2 Å². The first-order valence-corrected chi connectivity index (χ1v) is 9.44. The van der Waals surface area contributed by atoms with Crippen molar-refractivity contribution < 1.29 is 9.32 Å². The molecule has 1 aliphatic carbocycles. The zero-order chi connectivity index (χ0) is 18.4. The van der Waals surface area contributed by atoms with Crippen molar-refractivity contribution in [3.8, 4) is 11.4 Å². The maximum atomic E-state index is 12.6. The number of nitrogens with zero attached hydrogens (tertiary/aromatic N) is 4. The summed E-state index contributed by atoms with van der Waals surface area (Å²) in [4.78, 5) is 20.7. The minimum atomic E-state index is 0.0348. The molecule has 1 aromatic heterocycles. The fourth-order valence-corrected chi connectivity index (χ4v) is 3.25. The van der Waals surface area contributed by atoms with Crippen molar-refractivity contribution in [1.29, 1.82) is 0 Å². The Hall–Kier alpha value is -2.21. The average Bonchev–Trinajstić information content (AvgIpc) is 3.16. The van der Waals surface area contributed by atoms with Gasteiger partial charge in [-0.1, -0.05) is 36.6 Å². The molecule has 0 spiro atoms. The minimum Gasteiger partial charge on any atom is -0.342 e. The molecule has 0 saturated heterocycles. The van der Waals surface area contributed by atoms with Gasteiger partial charge in [0.25, 0.3) is 5.91 Å². The number of carbonyl (C=O) groups is 1. The molecule has 0 radical (unpaired) electrons. The molecule has 6 heteroatoms. The van der Waals surface area contributed by atoms with E-state index in [1.807, 2.05) is 31.3 Å². The van der Waals surface area contributed by atoms with E-state index in [9.17, 15) is 4.79 Å². The lowest BCUT2D eigenvalue weighted by atomic mass is 9.82. The summed E-state index contributed by atoms with van der Waals surface area (Å²) in [5.74, 6) is 1.54. The minimum absolute atomic E-state index is 0.0348. The molecule has 1 aliphatic rings. The summed E-state index contributed by atoms with van der Waals surface area (Å²) in [5, 5.41) is 3.80. The van der Waals surface area contributed by atoms with E-state index >= 15 is 0 Å². The molecule has 3 rings (SSSR count). The van der Waals surface area contributed by atoms with Gasteiger partial charge >= 0.3 is 0 Å². The molecule has 1 fully saturated rings. The Kier molecular flexibility index (Phi) is 6.39. The number of carbonyl (C=O) groups excluding carboxylic acids is 1. The lowest BCUT2D eigenvalue weighted by molar-refractivity contribution is 0.0782. The molecule has 0 N–H and O–H groups in total. The number of aromatic nitrogens is 2. The summed E-state index contributed by atoms with van der Waals surface area (Å²) in [6.07, 6.45) is 8.18. The van der Waals surface area contributed by atoms with E-state index in [4.69, 9.17) is 4.52 Å². The van der Waals surface area contributed by atoms with Crippen LogP contribution in [0.3, 0.4) is 0 Å². The first-order chi connectivity index (χ1) is 12.6. The van der Waals surface area contributed by atoms with Crippen molar-refractivity contribution in [1.82, 2.24) is 19.9 Å². The van der Waals surface area contributed by atoms with Gasteiger partial charge in [0.05, 0.1) is 0 Å². The molecule has 1 heterocycles. The molecule has 1 aromatic carbocycles. The highest BCUT2D eigenvalue weighted by Gasteiger charge is 2.17. The van der Waals surface area contributed by atoms with Gasteiger partial charge in [-0.15, -0.1) is 0 Å². The van der Waals surface area contributed by atoms with Crippen LogP contribution in [0.1, 0.15) is 42.5 Å². The number of amides is 1. The highest BCUT2D eigenvalue weighted by molar-refractivity contribution is 5.94. The molecule has 26 heavy (non-hydrogen) atoms. The molecule has 0 atom stereocenters. The molecule has 0 aliphatic heterocycles. The second-order valence-electron chi connectivity index (χ2n) is 7.30. The Morgan fingerprint density at radius 1 is 1.15 bits per heavy atom. The topological polar surface area (TPSA) is 62.5 Å². The standard InChI is InChI=1S/C20H28N4O2/c1-23(12-4-7-16-5-3-6-16)13-14-24(2)20(25)18-10-8-17(9-11-18)19-21-15-26-22-19/h8-11,15-16H,3-7,12-14H2,1-2H3. The number of rotatable bonds is 9. The third-order valence-corrected chi connectivity index (χ3v) is 5.29. The smallest absolute Gasteiger partial charge is 0.253 e. The maximum absolute atomic E-state index is 12.6. The zero-order valence-corrected chi connectivity index (χ0v) is 15.7. The van der Waals surface area contributed by atoms with E-state index in [1.165, 1.54) is 38.5 Å². The van der Waals surface area contributed by atoms with Crippen LogP contribution in [0.4, 0.5) is 0 Å². The van der Waals surface area contributed by atoms with Gasteiger partial charge < -0.3 is 14.3 Å². The highest BCUT2D eigenvalue weighted by atomic mass is 16.5. The Labute approximate surface area is 155 Å². The van der Waals surface area contributed by atoms with Gasteiger partial charge in [0, 0.05) is 31.3 Å². The van der Waals surface area contributed by atoms with Crippen LogP contribution in [0, 0.1) is 5.92 Å². The summed E-state index contributed by atoms with van der Waals surface area (Å²) in [6.45, 7) is 2.73. The lowest BCUT2D eigenvalue weighted by Gasteiger charge is -2.27. The van der Waals surface area contributed by atoms with Crippen LogP contribution in [-0.4, -0.2) is 59.6 Å². The van der Waals surface area contributed by atoms with Crippen molar-refractivity contribution in [3.05, 3.63) is 36.2 Å². The molecule has 0 unspecified atom stereocenters. The summed E-state index contributed by atoms with van der Waals surface area (Å²) >= 11 is 0. The first kappa shape index (κ1) is 18.6. The summed E-state index contributed by atoms with van der Waals surface area (Å²) < 4.78 is 4.75. The van der Waals surface area contributed by atoms with E-state index < -0.39 is 0 Å². The Bertz CT molecular complexity index is 680. The number of hydrogen-bond donors (Lipinski definition) is 0. The largest absolute Gasteiger partial charge is 0.342 e. The predicted octanol–water partition coefficient (Wildman–Crippen LogP) is 3.32. The molecule has 0 bridgehead atoms. The Morgan fingerprint density at radius 2 is 1.92 bits per heavy atom. The third kappa shape index (κ3) is 4.91. The molecular formula is C20H28N4O2. The van der Waals surface area contributed by atoms with Crippen LogP contribution in [-0.2, 0) is 0 Å². The van der Waals surface area contributed by atoms with E-state index in [1.54, 1.807) is 4.90 Å². The van der Waals surface area contributed by atoms with Gasteiger partial charge in [0.2, 0.25) is 12.2 Å². The molecule has 1 amide bonds. The maximum Gasteiger partial charge on any atom is 0.253 e. The van der Waals surface area contributed by atoms with E-state index in [0.717, 1.165) is 31.1 Å². The van der Waals surface area contributed by atoms with E-state index in [-0.39, 0.29) is 5.91 Å². The average molecular weight is 356 g/mol. The molecule has 1 saturated carbocycles. The fraction of sp³-hybridized carbons (Fsp3) is 0.550. The van der Waals surface area contributed by atoms with Crippen molar-refractivity contribution in [2.24, 2.45) is 5.92 Å². The molecule has 140 valence electrons. The van der Waals surface area contributed by atoms with Crippen molar-refractivity contribution in [2.75, 3.05) is 33.7 Å². The molecule has 6 nitrogen and oxygen atoms in total. The van der Waals surface area contributed by atoms with Crippen LogP contribution in [0.5, 0.6) is 0 Å². The second-order valence-corrected chi connectivity index (χ2v) is 7.30. The lowest BCUT2D eigenvalue weighted by Crippen LogP contribution is -2.35. The van der Waals surface area contributed by atoms with Crippen LogP contribution in [0.25, 0.3) is 11.4 Å². The fourth-order valence-electron chi connectivity index (χ4n) is 3.25. The second kappa shape index (κ2) is 8.94. The number of benzene rings is 1. The summed E-state index contributed by atoms with van der Waals surface area (Å²) in [7, 11) is 4.00. The third-order valence-electron chi connectivity index (χ3n) is 5.29. The van der Waals surface area contributed by atoms with Crippen LogP contribution in [0.2, 0.25) is 0 Å². The SMILES string of the molecule is CN(CCCC1CCC1)CCN(C)C(=O)c1ccc(-c2ncon2)cc1. The first-order valence-electron chi connectivity index (χ1n) is 9.44. The van der Waals surface area contributed by atoms with E-state index in [2.05, 4.69) is 22.1 Å². The van der Waals surface area contributed by atoms with Gasteiger partial charge in [-0.2, -0.15) is 4.98 Å². The number of likely N-dealkylation sites (N-methyl/N-ethyl adjacent to an activating group) is 2. The quantitative estimate of drug-likeness (QED) is 0.690. The zero-order valence-electron chi connectivity index (χ0n) is 15.7. The van der Waals surface area contributed by atoms with Gasteiger partial charge in [-0.05, 0) is 44.5 Å². The predicted molar refractivity (Wildman–Crippen MR) is 101 cm³/mol. The van der Waals surface area contributed by atoms with Crippen LogP contribution >= 0.6 is 0 Å². The summed E-state index contributed by atoms with van der Waals surface area (Å²) in [5.41, 5.74) is 1.51. The van der Waals surface area contributed by atoms with Crippen molar-refractivity contribution in [2.45, 2.75) is 32.1 Å². The van der Waals surface area contributed by atoms with Gasteiger partial charge in [-0.3, -0.25) is 4.79 Å². The monoisotopic (exact) mass is 356 g/mol. The molecular weight excluding hydrogens is 328 g/mol. The Balaban J connectivity index is 1.42. The van der Waals surface area contributed by atoms with Crippen molar-refractivity contribution >= 4 is 5.91 Å². The highest BCUT2D eigenvalue weighted by Crippen LogP contribution is 2.30. The van der Waals surface area contributed by atoms with Gasteiger partial charge in [0.1, 0.15) is 0 Å². The number of hydrogen-bond acceptors (Lipinski definition) is 5.